The average molecular weight is 286 g/mol. The van der Waals surface area contributed by atoms with Gasteiger partial charge in [0.25, 0.3) is 0 Å². The molecule has 2 N–H and O–H groups in total. The van der Waals surface area contributed by atoms with Crippen molar-refractivity contribution in [3.63, 3.8) is 0 Å². The summed E-state index contributed by atoms with van der Waals surface area (Å²) in [5.41, 5.74) is 1.64. The van der Waals surface area contributed by atoms with E-state index in [2.05, 4.69) is 0 Å². The molecule has 1 radical (unpaired) electrons. The maximum Gasteiger partial charge on any atom is 0.339 e. The van der Waals surface area contributed by atoms with Gasteiger partial charge in [-0.05, 0) is 29.0 Å². The Bertz CT molecular complexity index is 411. The summed E-state index contributed by atoms with van der Waals surface area (Å²) >= 11 is 0. The summed E-state index contributed by atoms with van der Waals surface area (Å²) in [7, 11) is 0. The van der Waals surface area contributed by atoms with Gasteiger partial charge in [0.2, 0.25) is 0 Å². The van der Waals surface area contributed by atoms with E-state index in [0.717, 1.165) is 5.56 Å². The molecule has 0 saturated heterocycles. The van der Waals surface area contributed by atoms with E-state index in [9.17, 15) is 9.90 Å². The molecular formula is C13H18CuO3. The minimum atomic E-state index is -1.08. The van der Waals surface area contributed by atoms with Gasteiger partial charge in [-0.3, -0.25) is 0 Å². The number of carbonyl (C=O) groups is 1. The fourth-order valence-electron chi connectivity index (χ4n) is 1.62. The van der Waals surface area contributed by atoms with E-state index in [1.54, 1.807) is 6.07 Å². The monoisotopic (exact) mass is 285 g/mol. The zero-order valence-electron chi connectivity index (χ0n) is 10.4. The third kappa shape index (κ3) is 3.48. The van der Waals surface area contributed by atoms with Crippen molar-refractivity contribution in [1.29, 1.82) is 0 Å². The minimum Gasteiger partial charge on any atom is -0.507 e. The zero-order chi connectivity index (χ0) is 12.5. The molecule has 3 nitrogen and oxygen atoms in total. The molecule has 0 atom stereocenters. The van der Waals surface area contributed by atoms with Crippen LogP contribution in [0, 0.1) is 0 Å². The van der Waals surface area contributed by atoms with Crippen LogP contribution in [-0.2, 0) is 17.1 Å². The van der Waals surface area contributed by atoms with Crippen LogP contribution in [0.5, 0.6) is 5.75 Å². The van der Waals surface area contributed by atoms with E-state index in [1.807, 2.05) is 33.8 Å². The molecule has 1 aromatic carbocycles. The van der Waals surface area contributed by atoms with Crippen molar-refractivity contribution in [2.24, 2.45) is 0 Å². The van der Waals surface area contributed by atoms with Crippen LogP contribution in [0.15, 0.2) is 12.1 Å². The van der Waals surface area contributed by atoms with Gasteiger partial charge in [-0.25, -0.2) is 4.79 Å². The second kappa shape index (κ2) is 6.08. The largest absolute Gasteiger partial charge is 0.507 e. The van der Waals surface area contributed by atoms with Crippen LogP contribution in [-0.4, -0.2) is 16.2 Å². The Hall–Kier alpha value is -0.991. The first-order chi connectivity index (χ1) is 7.34. The Labute approximate surface area is 112 Å². The van der Waals surface area contributed by atoms with Crippen molar-refractivity contribution in [2.75, 3.05) is 0 Å². The van der Waals surface area contributed by atoms with E-state index in [1.165, 1.54) is 0 Å². The molecule has 0 unspecified atom stereocenters. The number of phenols is 1. The number of carboxylic acids is 1. The standard InChI is InChI=1S/C13H18O3.Cu/c1-7(2)9-5-10(8(3)4)12(14)11(6-9)13(15)16;/h5-8,14H,1-4H3,(H,15,16);. The number of hydrogen-bond acceptors (Lipinski definition) is 2. The summed E-state index contributed by atoms with van der Waals surface area (Å²) in [4.78, 5) is 11.0. The number of aromatic hydroxyl groups is 1. The topological polar surface area (TPSA) is 57.5 Å². The molecule has 99 valence electrons. The van der Waals surface area contributed by atoms with Crippen LogP contribution in [0.1, 0.15) is 61.0 Å². The molecule has 0 heterocycles. The van der Waals surface area contributed by atoms with E-state index < -0.39 is 5.97 Å². The SMILES string of the molecule is CC(C)c1cc(C(=O)O)c(O)c(C(C)C)c1.[Cu]. The summed E-state index contributed by atoms with van der Waals surface area (Å²) in [6, 6.07) is 3.44. The predicted octanol–water partition coefficient (Wildman–Crippen LogP) is 3.33. The van der Waals surface area contributed by atoms with Crippen molar-refractivity contribution in [3.05, 3.63) is 28.8 Å². The summed E-state index contributed by atoms with van der Waals surface area (Å²) in [5.74, 6) is -0.832. The van der Waals surface area contributed by atoms with Gasteiger partial charge in [0, 0.05) is 17.1 Å². The summed E-state index contributed by atoms with van der Waals surface area (Å²) in [6.07, 6.45) is 0. The number of benzene rings is 1. The van der Waals surface area contributed by atoms with Gasteiger partial charge in [-0.1, -0.05) is 33.8 Å². The molecule has 0 bridgehead atoms. The normalized spacial score (nSPS) is 10.5. The Morgan fingerprint density at radius 2 is 1.65 bits per heavy atom. The molecule has 0 spiro atoms. The Balaban J connectivity index is 0.00000256. The van der Waals surface area contributed by atoms with Gasteiger partial charge in [0.15, 0.2) is 0 Å². The molecule has 4 heteroatoms. The molecule has 0 aliphatic heterocycles. The van der Waals surface area contributed by atoms with Gasteiger partial charge >= 0.3 is 5.97 Å². The van der Waals surface area contributed by atoms with Gasteiger partial charge in [0.05, 0.1) is 0 Å². The van der Waals surface area contributed by atoms with Crippen molar-refractivity contribution >= 4 is 5.97 Å². The smallest absolute Gasteiger partial charge is 0.339 e. The second-order valence-corrected chi connectivity index (χ2v) is 4.62. The Morgan fingerprint density at radius 1 is 1.12 bits per heavy atom. The summed E-state index contributed by atoms with van der Waals surface area (Å²) in [5, 5.41) is 18.9. The number of aromatic carboxylic acids is 1. The van der Waals surface area contributed by atoms with Crippen LogP contribution >= 0.6 is 0 Å². The fourth-order valence-corrected chi connectivity index (χ4v) is 1.62. The van der Waals surface area contributed by atoms with Gasteiger partial charge < -0.3 is 10.2 Å². The molecule has 0 fully saturated rings. The first-order valence-electron chi connectivity index (χ1n) is 5.44. The van der Waals surface area contributed by atoms with E-state index >= 15 is 0 Å². The third-order valence-corrected chi connectivity index (χ3v) is 2.68. The molecule has 0 aliphatic carbocycles. The molecule has 1 rings (SSSR count). The molecule has 1 aromatic rings. The molecule has 0 aromatic heterocycles. The zero-order valence-corrected chi connectivity index (χ0v) is 11.4. The first kappa shape index (κ1) is 16.0. The molecule has 0 aliphatic rings. The van der Waals surface area contributed by atoms with E-state index in [0.29, 0.717) is 5.56 Å². The van der Waals surface area contributed by atoms with E-state index in [-0.39, 0.29) is 40.2 Å². The maximum absolute atomic E-state index is 11.0. The Morgan fingerprint density at radius 3 is 2.00 bits per heavy atom. The van der Waals surface area contributed by atoms with Crippen molar-refractivity contribution in [2.45, 2.75) is 39.5 Å². The van der Waals surface area contributed by atoms with Gasteiger partial charge in [0.1, 0.15) is 11.3 Å². The summed E-state index contributed by atoms with van der Waals surface area (Å²) in [6.45, 7) is 7.87. The van der Waals surface area contributed by atoms with Crippen LogP contribution in [0.2, 0.25) is 0 Å². The average Bonchev–Trinajstić information content (AvgIpc) is 2.16. The first-order valence-corrected chi connectivity index (χ1v) is 5.44. The maximum atomic E-state index is 11.0. The van der Waals surface area contributed by atoms with Crippen molar-refractivity contribution < 1.29 is 32.1 Å². The van der Waals surface area contributed by atoms with Crippen molar-refractivity contribution in [3.8, 4) is 5.75 Å². The molecule has 17 heavy (non-hydrogen) atoms. The predicted molar refractivity (Wildman–Crippen MR) is 63.2 cm³/mol. The number of rotatable bonds is 3. The second-order valence-electron chi connectivity index (χ2n) is 4.62. The van der Waals surface area contributed by atoms with Crippen LogP contribution in [0.3, 0.4) is 0 Å². The Kier molecular flexibility index (Phi) is 5.73. The van der Waals surface area contributed by atoms with Gasteiger partial charge in [-0.2, -0.15) is 0 Å². The van der Waals surface area contributed by atoms with Crippen molar-refractivity contribution in [1.82, 2.24) is 0 Å². The third-order valence-electron chi connectivity index (χ3n) is 2.68. The minimum absolute atomic E-state index is 0. The molecular weight excluding hydrogens is 268 g/mol. The van der Waals surface area contributed by atoms with Gasteiger partial charge in [-0.15, -0.1) is 0 Å². The fraction of sp³-hybridized carbons (Fsp3) is 0.462. The molecule has 0 amide bonds. The molecule has 0 saturated carbocycles. The van der Waals surface area contributed by atoms with E-state index in [4.69, 9.17) is 5.11 Å². The van der Waals surface area contributed by atoms with Crippen LogP contribution < -0.4 is 0 Å². The van der Waals surface area contributed by atoms with Crippen LogP contribution in [0.4, 0.5) is 0 Å². The number of hydrogen-bond donors (Lipinski definition) is 2. The summed E-state index contributed by atoms with van der Waals surface area (Å²) < 4.78 is 0. The number of carboxylic acid groups (broad SMARTS) is 1. The quantitative estimate of drug-likeness (QED) is 0.838. The van der Waals surface area contributed by atoms with Crippen LogP contribution in [0.25, 0.3) is 0 Å².